The number of rotatable bonds is 9. The zero-order chi connectivity index (χ0) is 74.8. The van der Waals surface area contributed by atoms with Crippen molar-refractivity contribution < 1.29 is 0 Å². The Morgan fingerprint density at radius 2 is 0.513 bits per heavy atom. The fourth-order valence-electron chi connectivity index (χ4n) is 20.7. The molecule has 0 unspecified atom stereocenters. The molecule has 0 radical (unpaired) electrons. The Morgan fingerprint density at radius 1 is 0.183 bits per heavy atom. The van der Waals surface area contributed by atoms with E-state index in [1.54, 1.807) is 0 Å². The SMILES string of the molecule is C1=CCCC(c2ccc3c(c2)c2ccccc2n3-c2ccc3c(c2)c2ccc(-c4ccc5c(c4)c4ccccc4n5-c4ccc5c(c4)c4ccccc4n5-c4ccc5c(c4)c4ccccc4n5-c4cccc(-c5cc6c7c(cccc7c5)-c5ccccc5-6)c4)cc2n3-c2cccc(-c3cc4c5c(cccc5c3)-c3ccccc3-4)c2)=C1. The summed E-state index contributed by atoms with van der Waals surface area (Å²) in [6.45, 7) is 0. The van der Waals surface area contributed by atoms with Crippen LogP contribution in [0.4, 0.5) is 0 Å². The number of hydrogen-bond donors (Lipinski definition) is 0. The normalized spacial score (nSPS) is 13.0. The van der Waals surface area contributed by atoms with E-state index in [-0.39, 0.29) is 0 Å². The molecule has 5 aromatic heterocycles. The maximum absolute atomic E-state index is 2.52. The number of fused-ring (bicyclic) bond motifs is 21. The summed E-state index contributed by atoms with van der Waals surface area (Å²) >= 11 is 0. The average molecular weight is 1460 g/mol. The van der Waals surface area contributed by atoms with E-state index in [1.165, 1.54) is 186 Å². The van der Waals surface area contributed by atoms with Gasteiger partial charge in [-0.1, -0.05) is 224 Å². The molecule has 5 nitrogen and oxygen atoms in total. The Morgan fingerprint density at radius 3 is 0.965 bits per heavy atom. The molecule has 115 heavy (non-hydrogen) atoms. The Balaban J connectivity index is 0.596. The summed E-state index contributed by atoms with van der Waals surface area (Å²) in [5.41, 5.74) is 37.6. The van der Waals surface area contributed by atoms with Crippen molar-refractivity contribution in [3.63, 3.8) is 0 Å². The highest BCUT2D eigenvalue weighted by Crippen LogP contribution is 2.52. The number of para-hydroxylation sites is 4. The van der Waals surface area contributed by atoms with Crippen molar-refractivity contribution in [1.29, 1.82) is 0 Å². The largest absolute Gasteiger partial charge is 0.309 e. The lowest BCUT2D eigenvalue weighted by molar-refractivity contribution is 1.05. The highest BCUT2D eigenvalue weighted by atomic mass is 15.0. The lowest BCUT2D eigenvalue weighted by Crippen LogP contribution is -1.97. The van der Waals surface area contributed by atoms with Crippen LogP contribution >= 0.6 is 0 Å². The molecule has 0 aliphatic heterocycles. The van der Waals surface area contributed by atoms with Crippen molar-refractivity contribution in [1.82, 2.24) is 22.8 Å². The van der Waals surface area contributed by atoms with Crippen molar-refractivity contribution in [3.05, 3.63) is 388 Å². The number of aromatic nitrogens is 5. The van der Waals surface area contributed by atoms with Gasteiger partial charge in [-0.15, -0.1) is 0 Å². The molecule has 0 amide bonds. The average Bonchev–Trinajstić information content (AvgIpc) is 1.59. The van der Waals surface area contributed by atoms with Gasteiger partial charge in [0.15, 0.2) is 0 Å². The highest BCUT2D eigenvalue weighted by Gasteiger charge is 2.27. The van der Waals surface area contributed by atoms with Crippen molar-refractivity contribution in [3.8, 4) is 106 Å². The summed E-state index contributed by atoms with van der Waals surface area (Å²) < 4.78 is 12.4. The van der Waals surface area contributed by atoms with Gasteiger partial charge in [-0.25, -0.2) is 0 Å². The third-order valence-electron chi connectivity index (χ3n) is 25.7. The molecule has 5 heterocycles. The van der Waals surface area contributed by atoms with Gasteiger partial charge in [-0.2, -0.15) is 0 Å². The van der Waals surface area contributed by atoms with Crippen molar-refractivity contribution in [2.45, 2.75) is 12.8 Å². The van der Waals surface area contributed by atoms with Crippen molar-refractivity contribution >= 4 is 136 Å². The van der Waals surface area contributed by atoms with Gasteiger partial charge >= 0.3 is 0 Å². The van der Waals surface area contributed by atoms with Crippen molar-refractivity contribution in [2.24, 2.45) is 0 Å². The molecule has 0 saturated carbocycles. The number of nitrogens with zero attached hydrogens (tertiary/aromatic N) is 5. The third-order valence-corrected chi connectivity index (χ3v) is 25.7. The van der Waals surface area contributed by atoms with Crippen LogP contribution in [-0.2, 0) is 0 Å². The second-order valence-electron chi connectivity index (χ2n) is 31.8. The monoisotopic (exact) mass is 1460 g/mol. The fraction of sp³-hybridized carbons (Fsp3) is 0.0182. The number of benzene rings is 18. The first kappa shape index (κ1) is 62.7. The molecule has 5 heteroatoms. The van der Waals surface area contributed by atoms with Crippen LogP contribution in [0.1, 0.15) is 18.4 Å². The fourth-order valence-corrected chi connectivity index (χ4v) is 20.7. The van der Waals surface area contributed by atoms with Gasteiger partial charge in [0.05, 0.1) is 55.2 Å². The molecule has 3 aliphatic rings. The summed E-state index contributed by atoms with van der Waals surface area (Å²) in [7, 11) is 0. The van der Waals surface area contributed by atoms with Crippen molar-refractivity contribution in [2.75, 3.05) is 0 Å². The highest BCUT2D eigenvalue weighted by molar-refractivity contribution is 6.21. The van der Waals surface area contributed by atoms with Crippen LogP contribution in [0.5, 0.6) is 0 Å². The molecule has 0 atom stereocenters. The Hall–Kier alpha value is -15.0. The molecular formula is C110H67N5. The third kappa shape index (κ3) is 9.03. The molecule has 18 aromatic carbocycles. The van der Waals surface area contributed by atoms with Gasteiger partial charge in [0, 0.05) is 82.3 Å². The van der Waals surface area contributed by atoms with Gasteiger partial charge in [0.1, 0.15) is 0 Å². The van der Waals surface area contributed by atoms with Crippen LogP contribution in [0.2, 0.25) is 0 Å². The van der Waals surface area contributed by atoms with E-state index in [2.05, 4.69) is 405 Å². The predicted molar refractivity (Wildman–Crippen MR) is 485 cm³/mol. The standard InChI is InChI=1S/C110H67N5/c1-2-20-66(21-3-1)69-43-49-103-92(58-69)85-32-8-12-38-99(85)113(103)80-47-53-107-96(65-80)89-48-42-71(62-108(89)115(107)77-27-17-23-68(57-77)75-55-73-25-19-37-91-82-29-5-7-31-84(82)98(61-75)110(73)91)70-44-50-104-93(59-70)86-33-9-13-39-100(86)112(104)78-46-52-106-95(63-78)88-35-11-15-41-102(88)114(106)79-45-51-105-94(64-79)87-34-10-14-40-101(87)111(105)76-26-16-22-67(56-76)74-54-72-24-18-36-90-81-28-4-6-30-83(81)97(60-74)109(72)90/h1-2,4-20,22-65H,3,21H2. The van der Waals surface area contributed by atoms with E-state index in [9.17, 15) is 0 Å². The molecule has 23 aromatic rings. The van der Waals surface area contributed by atoms with Crippen LogP contribution in [0.15, 0.2) is 382 Å². The summed E-state index contributed by atoms with van der Waals surface area (Å²) in [5, 5.41) is 17.4. The van der Waals surface area contributed by atoms with Gasteiger partial charge in [-0.3, -0.25) is 0 Å². The van der Waals surface area contributed by atoms with E-state index in [0.717, 1.165) is 74.5 Å². The van der Waals surface area contributed by atoms with E-state index in [0.29, 0.717) is 0 Å². The minimum atomic E-state index is 1.05. The summed E-state index contributed by atoms with van der Waals surface area (Å²) in [4.78, 5) is 0. The van der Waals surface area contributed by atoms with Gasteiger partial charge in [0.2, 0.25) is 0 Å². The first-order chi connectivity index (χ1) is 57.0. The summed E-state index contributed by atoms with van der Waals surface area (Å²) in [5.74, 6) is 0. The lowest BCUT2D eigenvalue weighted by Gasteiger charge is -2.13. The molecule has 26 rings (SSSR count). The van der Waals surface area contributed by atoms with Gasteiger partial charge < -0.3 is 22.8 Å². The van der Waals surface area contributed by atoms with Crippen LogP contribution in [0.3, 0.4) is 0 Å². The zero-order valence-corrected chi connectivity index (χ0v) is 62.5. The Labute approximate surface area is 661 Å². The zero-order valence-electron chi connectivity index (χ0n) is 62.5. The minimum absolute atomic E-state index is 1.05. The molecule has 0 spiro atoms. The minimum Gasteiger partial charge on any atom is -0.309 e. The Kier molecular flexibility index (Phi) is 12.9. The molecule has 0 saturated heterocycles. The quantitative estimate of drug-likeness (QED) is 0.138. The summed E-state index contributed by atoms with van der Waals surface area (Å²) in [6.07, 6.45) is 8.89. The lowest BCUT2D eigenvalue weighted by atomic mass is 9.96. The van der Waals surface area contributed by atoms with Crippen LogP contribution in [0, 0.1) is 0 Å². The van der Waals surface area contributed by atoms with Gasteiger partial charge in [-0.05, 0) is 281 Å². The second kappa shape index (κ2) is 23.8. The molecule has 3 aliphatic carbocycles. The smallest absolute Gasteiger partial charge is 0.0547 e. The maximum Gasteiger partial charge on any atom is 0.0547 e. The second-order valence-corrected chi connectivity index (χ2v) is 31.8. The molecule has 0 bridgehead atoms. The molecule has 0 fully saturated rings. The Bertz CT molecular complexity index is 8360. The summed E-state index contributed by atoms with van der Waals surface area (Å²) in [6, 6.07) is 138. The van der Waals surface area contributed by atoms with Crippen LogP contribution in [-0.4, -0.2) is 22.8 Å². The molecule has 532 valence electrons. The van der Waals surface area contributed by atoms with E-state index < -0.39 is 0 Å². The van der Waals surface area contributed by atoms with E-state index >= 15 is 0 Å². The predicted octanol–water partition coefficient (Wildman–Crippen LogP) is 29.5. The number of allylic oxidation sites excluding steroid dienone is 4. The van der Waals surface area contributed by atoms with Crippen LogP contribution in [0.25, 0.3) is 242 Å². The first-order valence-corrected chi connectivity index (χ1v) is 40.2. The molecular weight excluding hydrogens is 1390 g/mol. The maximum atomic E-state index is 2.52. The van der Waals surface area contributed by atoms with E-state index in [1.807, 2.05) is 0 Å². The topological polar surface area (TPSA) is 24.6 Å². The number of hydrogen-bond acceptors (Lipinski definition) is 0. The van der Waals surface area contributed by atoms with E-state index in [4.69, 9.17) is 0 Å². The van der Waals surface area contributed by atoms with Crippen LogP contribution < -0.4 is 0 Å². The molecule has 0 N–H and O–H groups in total. The van der Waals surface area contributed by atoms with Gasteiger partial charge in [0.25, 0.3) is 0 Å². The first-order valence-electron chi connectivity index (χ1n) is 40.2.